The number of hydrogen-bond donors (Lipinski definition) is 0. The lowest BCUT2D eigenvalue weighted by molar-refractivity contribution is 0.887. The summed E-state index contributed by atoms with van der Waals surface area (Å²) >= 11 is 7.89. The molecular formula is C16H14ClN3S. The Morgan fingerprint density at radius 2 is 2.10 bits per heavy atom. The van der Waals surface area contributed by atoms with Crippen LogP contribution in [0, 0.1) is 6.92 Å². The van der Waals surface area contributed by atoms with Crippen LogP contribution in [-0.4, -0.2) is 14.5 Å². The van der Waals surface area contributed by atoms with Gasteiger partial charge in [0.05, 0.1) is 5.69 Å². The molecule has 0 saturated carbocycles. The number of benzene rings is 1. The molecule has 3 rings (SSSR count). The highest BCUT2D eigenvalue weighted by Gasteiger charge is 2.09. The van der Waals surface area contributed by atoms with Gasteiger partial charge in [-0.3, -0.25) is 9.55 Å². The van der Waals surface area contributed by atoms with Gasteiger partial charge in [0, 0.05) is 35.6 Å². The fourth-order valence-corrected chi connectivity index (χ4v) is 3.14. The van der Waals surface area contributed by atoms with Crippen molar-refractivity contribution >= 4 is 23.4 Å². The molecule has 3 aromatic rings. The fraction of sp³-hybridized carbons (Fsp3) is 0.125. The molecule has 0 N–H and O–H groups in total. The first kappa shape index (κ1) is 14.2. The maximum absolute atomic E-state index is 6.21. The minimum Gasteiger partial charge on any atom is -0.295 e. The molecular weight excluding hydrogens is 302 g/mol. The summed E-state index contributed by atoms with van der Waals surface area (Å²) in [6, 6.07) is 9.93. The van der Waals surface area contributed by atoms with E-state index in [0.29, 0.717) is 0 Å². The third kappa shape index (κ3) is 3.12. The highest BCUT2D eigenvalue weighted by Crippen LogP contribution is 2.27. The van der Waals surface area contributed by atoms with Crippen LogP contribution in [0.2, 0.25) is 5.02 Å². The second-order valence-electron chi connectivity index (χ2n) is 4.61. The zero-order chi connectivity index (χ0) is 14.7. The van der Waals surface area contributed by atoms with Gasteiger partial charge in [-0.15, -0.1) is 0 Å². The zero-order valence-electron chi connectivity index (χ0n) is 11.5. The van der Waals surface area contributed by atoms with E-state index in [2.05, 4.69) is 26.7 Å². The first-order chi connectivity index (χ1) is 10.3. The van der Waals surface area contributed by atoms with Crippen molar-refractivity contribution in [3.63, 3.8) is 0 Å². The van der Waals surface area contributed by atoms with Crippen LogP contribution in [0.25, 0.3) is 5.69 Å². The highest BCUT2D eigenvalue weighted by atomic mass is 35.5. The van der Waals surface area contributed by atoms with E-state index in [1.165, 1.54) is 5.56 Å². The monoisotopic (exact) mass is 315 g/mol. The molecule has 21 heavy (non-hydrogen) atoms. The Balaban J connectivity index is 1.86. The van der Waals surface area contributed by atoms with E-state index >= 15 is 0 Å². The predicted octanol–water partition coefficient (Wildman–Crippen LogP) is 4.52. The third-order valence-electron chi connectivity index (χ3n) is 3.20. The van der Waals surface area contributed by atoms with Gasteiger partial charge in [0.25, 0.3) is 0 Å². The van der Waals surface area contributed by atoms with Crippen molar-refractivity contribution in [1.82, 2.24) is 14.5 Å². The number of hydrogen-bond acceptors (Lipinski definition) is 3. The van der Waals surface area contributed by atoms with E-state index in [0.717, 1.165) is 27.2 Å². The van der Waals surface area contributed by atoms with E-state index in [-0.39, 0.29) is 0 Å². The van der Waals surface area contributed by atoms with E-state index in [9.17, 15) is 0 Å². The van der Waals surface area contributed by atoms with E-state index in [1.807, 2.05) is 43.7 Å². The molecule has 0 bridgehead atoms. The molecule has 0 radical (unpaired) electrons. The summed E-state index contributed by atoms with van der Waals surface area (Å²) in [6.07, 6.45) is 7.44. The normalized spacial score (nSPS) is 10.8. The first-order valence-corrected chi connectivity index (χ1v) is 7.92. The van der Waals surface area contributed by atoms with Crippen LogP contribution in [0.4, 0.5) is 0 Å². The predicted molar refractivity (Wildman–Crippen MR) is 87.1 cm³/mol. The van der Waals surface area contributed by atoms with Gasteiger partial charge in [-0.05, 0) is 36.2 Å². The SMILES string of the molecule is Cc1c(Cl)cccc1-n1ccnc1SCc1cccnc1. The summed E-state index contributed by atoms with van der Waals surface area (Å²) in [5.41, 5.74) is 3.30. The number of imidazole rings is 1. The number of pyridine rings is 1. The second-order valence-corrected chi connectivity index (χ2v) is 5.96. The van der Waals surface area contributed by atoms with Gasteiger partial charge < -0.3 is 0 Å². The molecule has 0 amide bonds. The molecule has 2 aromatic heterocycles. The van der Waals surface area contributed by atoms with E-state index in [1.54, 1.807) is 18.0 Å². The second kappa shape index (κ2) is 6.33. The number of nitrogens with zero attached hydrogens (tertiary/aromatic N) is 3. The van der Waals surface area contributed by atoms with Crippen LogP contribution in [0.5, 0.6) is 0 Å². The maximum atomic E-state index is 6.21. The van der Waals surface area contributed by atoms with Gasteiger partial charge in [0.2, 0.25) is 0 Å². The molecule has 2 heterocycles. The molecule has 0 unspecified atom stereocenters. The molecule has 0 spiro atoms. The van der Waals surface area contributed by atoms with Gasteiger partial charge in [-0.2, -0.15) is 0 Å². The van der Waals surface area contributed by atoms with Gasteiger partial charge >= 0.3 is 0 Å². The van der Waals surface area contributed by atoms with E-state index < -0.39 is 0 Å². The summed E-state index contributed by atoms with van der Waals surface area (Å²) < 4.78 is 2.07. The molecule has 0 saturated heterocycles. The first-order valence-electron chi connectivity index (χ1n) is 6.56. The Hall–Kier alpha value is -1.78. The molecule has 0 aliphatic heterocycles. The summed E-state index contributed by atoms with van der Waals surface area (Å²) in [6.45, 7) is 2.02. The smallest absolute Gasteiger partial charge is 0.172 e. The Morgan fingerprint density at radius 1 is 1.19 bits per heavy atom. The van der Waals surface area contributed by atoms with Gasteiger partial charge in [0.15, 0.2) is 5.16 Å². The van der Waals surface area contributed by atoms with Crippen LogP contribution >= 0.6 is 23.4 Å². The molecule has 0 atom stereocenters. The quantitative estimate of drug-likeness (QED) is 0.663. The summed E-state index contributed by atoms with van der Waals surface area (Å²) in [5.74, 6) is 0.838. The number of aromatic nitrogens is 3. The lowest BCUT2D eigenvalue weighted by Crippen LogP contribution is -1.98. The van der Waals surface area contributed by atoms with Crippen molar-refractivity contribution in [3.8, 4) is 5.69 Å². The van der Waals surface area contributed by atoms with E-state index in [4.69, 9.17) is 11.6 Å². The number of thioether (sulfide) groups is 1. The molecule has 1 aromatic carbocycles. The zero-order valence-corrected chi connectivity index (χ0v) is 13.1. The topological polar surface area (TPSA) is 30.7 Å². The van der Waals surface area contributed by atoms with Crippen LogP contribution in [-0.2, 0) is 5.75 Å². The number of halogens is 1. The van der Waals surface area contributed by atoms with Crippen LogP contribution in [0.15, 0.2) is 60.3 Å². The average Bonchev–Trinajstić information content (AvgIpc) is 2.97. The molecule has 0 aliphatic carbocycles. The largest absolute Gasteiger partial charge is 0.295 e. The van der Waals surface area contributed by atoms with Crippen molar-refractivity contribution in [2.75, 3.05) is 0 Å². The average molecular weight is 316 g/mol. The molecule has 5 heteroatoms. The van der Waals surface area contributed by atoms with Gasteiger partial charge in [-0.25, -0.2) is 4.98 Å². The Kier molecular flexibility index (Phi) is 4.27. The lowest BCUT2D eigenvalue weighted by Gasteiger charge is -2.11. The third-order valence-corrected chi connectivity index (χ3v) is 4.64. The Labute approximate surface area is 133 Å². The summed E-state index contributed by atoms with van der Waals surface area (Å²) in [4.78, 5) is 8.57. The lowest BCUT2D eigenvalue weighted by atomic mass is 10.2. The minimum atomic E-state index is 0.768. The van der Waals surface area contributed by atoms with Crippen LogP contribution in [0.1, 0.15) is 11.1 Å². The Bertz CT molecular complexity index is 740. The molecule has 3 nitrogen and oxygen atoms in total. The molecule has 0 aliphatic rings. The minimum absolute atomic E-state index is 0.768. The Morgan fingerprint density at radius 3 is 2.90 bits per heavy atom. The highest BCUT2D eigenvalue weighted by molar-refractivity contribution is 7.98. The van der Waals surface area contributed by atoms with Crippen molar-refractivity contribution in [2.24, 2.45) is 0 Å². The van der Waals surface area contributed by atoms with Crippen molar-refractivity contribution in [1.29, 1.82) is 0 Å². The molecule has 0 fully saturated rings. The van der Waals surface area contributed by atoms with Gasteiger partial charge in [0.1, 0.15) is 0 Å². The van der Waals surface area contributed by atoms with Crippen molar-refractivity contribution in [3.05, 3.63) is 71.3 Å². The summed E-state index contributed by atoms with van der Waals surface area (Å²) in [5, 5.41) is 1.72. The van der Waals surface area contributed by atoms with Crippen LogP contribution in [0.3, 0.4) is 0 Å². The fourth-order valence-electron chi connectivity index (χ4n) is 2.07. The van der Waals surface area contributed by atoms with Crippen LogP contribution < -0.4 is 0 Å². The van der Waals surface area contributed by atoms with Gasteiger partial charge in [-0.1, -0.05) is 35.5 Å². The number of rotatable bonds is 4. The van der Waals surface area contributed by atoms with Crippen molar-refractivity contribution in [2.45, 2.75) is 17.8 Å². The standard InChI is InChI=1S/C16H14ClN3S/c1-12-14(17)5-2-6-15(12)20-9-8-19-16(20)21-11-13-4-3-7-18-10-13/h2-10H,11H2,1H3. The van der Waals surface area contributed by atoms with Crippen molar-refractivity contribution < 1.29 is 0 Å². The summed E-state index contributed by atoms with van der Waals surface area (Å²) in [7, 11) is 0. The molecule has 106 valence electrons. The maximum Gasteiger partial charge on any atom is 0.172 e.